The minimum Gasteiger partial charge on any atom is -0.384 e. The Hall–Kier alpha value is -0.940. The van der Waals surface area contributed by atoms with Gasteiger partial charge in [-0.15, -0.1) is 5.10 Å². The minimum atomic E-state index is 0.574. The first kappa shape index (κ1) is 13.1. The summed E-state index contributed by atoms with van der Waals surface area (Å²) in [6, 6.07) is 0. The van der Waals surface area contributed by atoms with Gasteiger partial charge >= 0.3 is 0 Å². The van der Waals surface area contributed by atoms with E-state index in [-0.39, 0.29) is 0 Å². The lowest BCUT2D eigenvalue weighted by atomic mass is 10.2. The van der Waals surface area contributed by atoms with Crippen LogP contribution in [0.5, 0.6) is 0 Å². The lowest BCUT2D eigenvalue weighted by Crippen LogP contribution is -2.14. The maximum atomic E-state index is 5.12. The van der Waals surface area contributed by atoms with Crippen LogP contribution in [0, 0.1) is 5.92 Å². The molecule has 5 nitrogen and oxygen atoms in total. The van der Waals surface area contributed by atoms with Crippen LogP contribution in [-0.4, -0.2) is 35.8 Å². The Labute approximate surface area is 97.2 Å². The molecule has 0 radical (unpaired) electrons. The monoisotopic (exact) mass is 226 g/mol. The molecule has 0 spiro atoms. The molecule has 0 aromatic carbocycles. The quantitative estimate of drug-likeness (QED) is 0.748. The SMILES string of the molecule is CNCc1nnn(CC(C)C)c1CCOC. The summed E-state index contributed by atoms with van der Waals surface area (Å²) >= 11 is 0. The molecule has 0 fully saturated rings. The average Bonchev–Trinajstić information content (AvgIpc) is 2.58. The van der Waals surface area contributed by atoms with Gasteiger partial charge in [0, 0.05) is 26.6 Å². The van der Waals surface area contributed by atoms with Gasteiger partial charge in [0.2, 0.25) is 0 Å². The Kier molecular flexibility index (Phi) is 5.42. The molecule has 0 aliphatic carbocycles. The average molecular weight is 226 g/mol. The molecule has 1 aromatic rings. The zero-order chi connectivity index (χ0) is 12.0. The van der Waals surface area contributed by atoms with E-state index < -0.39 is 0 Å². The van der Waals surface area contributed by atoms with Crippen molar-refractivity contribution in [2.75, 3.05) is 20.8 Å². The van der Waals surface area contributed by atoms with Crippen LogP contribution in [0.1, 0.15) is 25.2 Å². The highest BCUT2D eigenvalue weighted by Gasteiger charge is 2.12. The summed E-state index contributed by atoms with van der Waals surface area (Å²) in [7, 11) is 3.63. The number of rotatable bonds is 7. The molecule has 0 bridgehead atoms. The first-order chi connectivity index (χ1) is 7.69. The summed E-state index contributed by atoms with van der Waals surface area (Å²) < 4.78 is 7.12. The number of hydrogen-bond acceptors (Lipinski definition) is 4. The van der Waals surface area contributed by atoms with Gasteiger partial charge in [0.1, 0.15) is 0 Å². The van der Waals surface area contributed by atoms with Gasteiger partial charge in [-0.3, -0.25) is 0 Å². The van der Waals surface area contributed by atoms with Crippen molar-refractivity contribution in [2.45, 2.75) is 33.4 Å². The Bertz CT molecular complexity index is 309. The van der Waals surface area contributed by atoms with Gasteiger partial charge in [-0.1, -0.05) is 19.1 Å². The van der Waals surface area contributed by atoms with Crippen molar-refractivity contribution in [1.29, 1.82) is 0 Å². The first-order valence-corrected chi connectivity index (χ1v) is 5.73. The van der Waals surface area contributed by atoms with Gasteiger partial charge in [-0.05, 0) is 13.0 Å². The fourth-order valence-corrected chi connectivity index (χ4v) is 1.64. The third kappa shape index (κ3) is 3.57. The number of methoxy groups -OCH3 is 1. The van der Waals surface area contributed by atoms with Crippen molar-refractivity contribution in [3.63, 3.8) is 0 Å². The highest BCUT2D eigenvalue weighted by atomic mass is 16.5. The van der Waals surface area contributed by atoms with Crippen LogP contribution in [0.4, 0.5) is 0 Å². The van der Waals surface area contributed by atoms with Crippen LogP contribution < -0.4 is 5.32 Å². The number of aromatic nitrogens is 3. The molecular weight excluding hydrogens is 204 g/mol. The predicted octanol–water partition coefficient (Wildman–Crippen LogP) is 0.842. The van der Waals surface area contributed by atoms with E-state index in [1.54, 1.807) is 7.11 Å². The predicted molar refractivity (Wildman–Crippen MR) is 63.2 cm³/mol. The molecule has 16 heavy (non-hydrogen) atoms. The highest BCUT2D eigenvalue weighted by Crippen LogP contribution is 2.09. The molecule has 0 aliphatic heterocycles. The molecule has 1 heterocycles. The van der Waals surface area contributed by atoms with Gasteiger partial charge in [0.25, 0.3) is 0 Å². The topological polar surface area (TPSA) is 52.0 Å². The van der Waals surface area contributed by atoms with Crippen molar-refractivity contribution >= 4 is 0 Å². The van der Waals surface area contributed by atoms with Crippen molar-refractivity contribution in [3.8, 4) is 0 Å². The van der Waals surface area contributed by atoms with Gasteiger partial charge in [-0.2, -0.15) is 0 Å². The van der Waals surface area contributed by atoms with Crippen molar-refractivity contribution in [2.24, 2.45) is 5.92 Å². The lowest BCUT2D eigenvalue weighted by molar-refractivity contribution is 0.199. The fourth-order valence-electron chi connectivity index (χ4n) is 1.64. The largest absolute Gasteiger partial charge is 0.384 e. The van der Waals surface area contributed by atoms with Gasteiger partial charge in [0.05, 0.1) is 18.0 Å². The molecule has 0 atom stereocenters. The molecule has 0 saturated carbocycles. The van der Waals surface area contributed by atoms with Crippen molar-refractivity contribution in [3.05, 3.63) is 11.4 Å². The van der Waals surface area contributed by atoms with E-state index in [9.17, 15) is 0 Å². The van der Waals surface area contributed by atoms with Gasteiger partial charge in [0.15, 0.2) is 0 Å². The molecule has 0 unspecified atom stereocenters. The summed E-state index contributed by atoms with van der Waals surface area (Å²) in [5.41, 5.74) is 2.21. The van der Waals surface area contributed by atoms with E-state index in [0.717, 1.165) is 25.2 Å². The van der Waals surface area contributed by atoms with Crippen LogP contribution in [0.15, 0.2) is 0 Å². The second kappa shape index (κ2) is 6.60. The van der Waals surface area contributed by atoms with Crippen LogP contribution in [0.2, 0.25) is 0 Å². The van der Waals surface area contributed by atoms with E-state index in [1.807, 2.05) is 11.7 Å². The van der Waals surface area contributed by atoms with Gasteiger partial charge in [-0.25, -0.2) is 4.68 Å². The summed E-state index contributed by atoms with van der Waals surface area (Å²) in [6.07, 6.45) is 0.868. The Morgan fingerprint density at radius 3 is 2.75 bits per heavy atom. The van der Waals surface area contributed by atoms with Crippen LogP contribution in [-0.2, 0) is 24.2 Å². The second-order valence-corrected chi connectivity index (χ2v) is 4.33. The molecule has 92 valence electrons. The van der Waals surface area contributed by atoms with Crippen molar-refractivity contribution < 1.29 is 4.74 Å². The number of nitrogens with one attached hydrogen (secondary N) is 1. The fraction of sp³-hybridized carbons (Fsp3) is 0.818. The molecule has 0 aliphatic rings. The Morgan fingerprint density at radius 1 is 1.44 bits per heavy atom. The summed E-state index contributed by atoms with van der Waals surface area (Å²) in [5, 5.41) is 11.5. The van der Waals surface area contributed by atoms with Crippen LogP contribution >= 0.6 is 0 Å². The Balaban J connectivity index is 2.80. The molecule has 1 rings (SSSR count). The second-order valence-electron chi connectivity index (χ2n) is 4.33. The highest BCUT2D eigenvalue weighted by molar-refractivity contribution is 5.10. The van der Waals surface area contributed by atoms with Gasteiger partial charge < -0.3 is 10.1 Å². The zero-order valence-electron chi connectivity index (χ0n) is 10.7. The normalized spacial score (nSPS) is 11.3. The zero-order valence-corrected chi connectivity index (χ0v) is 10.7. The number of nitrogens with zero attached hydrogens (tertiary/aromatic N) is 3. The summed E-state index contributed by atoms with van der Waals surface area (Å²) in [5.74, 6) is 0.574. The third-order valence-corrected chi connectivity index (χ3v) is 2.34. The molecule has 1 aromatic heterocycles. The first-order valence-electron chi connectivity index (χ1n) is 5.73. The summed E-state index contributed by atoms with van der Waals surface area (Å²) in [4.78, 5) is 0. The standard InChI is InChI=1S/C11H22N4O/c1-9(2)8-15-11(5-6-16-4)10(7-12-3)13-14-15/h9,12H,5-8H2,1-4H3. The molecule has 1 N–H and O–H groups in total. The van der Waals surface area contributed by atoms with E-state index in [2.05, 4.69) is 29.5 Å². The lowest BCUT2D eigenvalue weighted by Gasteiger charge is -2.09. The van der Waals surface area contributed by atoms with E-state index in [0.29, 0.717) is 12.5 Å². The third-order valence-electron chi connectivity index (χ3n) is 2.34. The maximum Gasteiger partial charge on any atom is 0.0997 e. The van der Waals surface area contributed by atoms with E-state index in [4.69, 9.17) is 4.74 Å². The number of hydrogen-bond donors (Lipinski definition) is 1. The molecule has 0 saturated heterocycles. The molecule has 5 heteroatoms. The van der Waals surface area contributed by atoms with E-state index >= 15 is 0 Å². The molecule has 0 amide bonds. The minimum absolute atomic E-state index is 0.574. The smallest absolute Gasteiger partial charge is 0.0997 e. The molecular formula is C11H22N4O. The number of ether oxygens (including phenoxy) is 1. The van der Waals surface area contributed by atoms with Crippen LogP contribution in [0.3, 0.4) is 0 Å². The Morgan fingerprint density at radius 2 is 2.19 bits per heavy atom. The van der Waals surface area contributed by atoms with E-state index in [1.165, 1.54) is 5.69 Å². The summed E-state index contributed by atoms with van der Waals surface area (Å²) in [6.45, 7) is 6.74. The van der Waals surface area contributed by atoms with Crippen LogP contribution in [0.25, 0.3) is 0 Å². The maximum absolute atomic E-state index is 5.12. The van der Waals surface area contributed by atoms with Crippen molar-refractivity contribution in [1.82, 2.24) is 20.3 Å².